The molecule has 1 fully saturated rings. The SMILES string of the molecule is CNCC(C)C(=O)N1CCN(c2ncnc3c2cnn3C)CC1.Cl.Cl. The van der Waals surface area contributed by atoms with Gasteiger partial charge in [0.15, 0.2) is 5.65 Å². The van der Waals surface area contributed by atoms with Crippen molar-refractivity contribution in [2.75, 3.05) is 44.7 Å². The minimum absolute atomic E-state index is 0. The molecule has 1 saturated heterocycles. The van der Waals surface area contributed by atoms with E-state index in [0.717, 1.165) is 43.0 Å². The first-order valence-corrected chi connectivity index (χ1v) is 7.93. The summed E-state index contributed by atoms with van der Waals surface area (Å²) in [5.74, 6) is 1.13. The Labute approximate surface area is 159 Å². The third-order valence-electron chi connectivity index (χ3n) is 4.33. The van der Waals surface area contributed by atoms with Crippen LogP contribution in [0.3, 0.4) is 0 Å². The van der Waals surface area contributed by atoms with Gasteiger partial charge in [-0.1, -0.05) is 6.92 Å². The molecule has 2 aromatic heterocycles. The molecule has 0 aliphatic carbocycles. The van der Waals surface area contributed by atoms with Crippen molar-refractivity contribution in [1.29, 1.82) is 0 Å². The maximum absolute atomic E-state index is 12.4. The first-order valence-electron chi connectivity index (χ1n) is 7.93. The number of hydrogen-bond donors (Lipinski definition) is 1. The highest BCUT2D eigenvalue weighted by Crippen LogP contribution is 2.23. The van der Waals surface area contributed by atoms with Crippen LogP contribution in [0.5, 0.6) is 0 Å². The third kappa shape index (κ3) is 4.31. The minimum atomic E-state index is 0. The second-order valence-electron chi connectivity index (χ2n) is 5.97. The number of anilines is 1. The van der Waals surface area contributed by atoms with Crippen molar-refractivity contribution < 1.29 is 4.79 Å². The fourth-order valence-corrected chi connectivity index (χ4v) is 3.05. The quantitative estimate of drug-likeness (QED) is 0.829. The molecular formula is C15H25Cl2N7O. The van der Waals surface area contributed by atoms with Crippen LogP contribution in [0, 0.1) is 5.92 Å². The van der Waals surface area contributed by atoms with Crippen LogP contribution in [-0.4, -0.2) is 70.3 Å². The monoisotopic (exact) mass is 389 g/mol. The highest BCUT2D eigenvalue weighted by molar-refractivity contribution is 5.87. The topological polar surface area (TPSA) is 79.2 Å². The second-order valence-corrected chi connectivity index (χ2v) is 5.97. The summed E-state index contributed by atoms with van der Waals surface area (Å²) in [6.07, 6.45) is 3.38. The van der Waals surface area contributed by atoms with E-state index in [0.29, 0.717) is 6.54 Å². The number of nitrogens with zero attached hydrogens (tertiary/aromatic N) is 6. The van der Waals surface area contributed by atoms with Gasteiger partial charge < -0.3 is 15.1 Å². The Morgan fingerprint density at radius 1 is 1.24 bits per heavy atom. The van der Waals surface area contributed by atoms with E-state index >= 15 is 0 Å². The molecule has 1 aliphatic rings. The highest BCUT2D eigenvalue weighted by atomic mass is 35.5. The summed E-state index contributed by atoms with van der Waals surface area (Å²) >= 11 is 0. The molecule has 3 heterocycles. The van der Waals surface area contributed by atoms with Crippen LogP contribution in [0.2, 0.25) is 0 Å². The zero-order valence-electron chi connectivity index (χ0n) is 14.7. The number of aromatic nitrogens is 4. The van der Waals surface area contributed by atoms with Gasteiger partial charge in [0.25, 0.3) is 0 Å². The van der Waals surface area contributed by atoms with Crippen molar-refractivity contribution in [3.63, 3.8) is 0 Å². The van der Waals surface area contributed by atoms with Crippen molar-refractivity contribution in [3.05, 3.63) is 12.5 Å². The third-order valence-corrected chi connectivity index (χ3v) is 4.33. The number of amides is 1. The first kappa shape index (κ1) is 21.4. The average molecular weight is 390 g/mol. The van der Waals surface area contributed by atoms with Crippen molar-refractivity contribution in [1.82, 2.24) is 30.0 Å². The molecule has 140 valence electrons. The molecule has 1 aliphatic heterocycles. The molecule has 10 heteroatoms. The Morgan fingerprint density at radius 2 is 1.92 bits per heavy atom. The number of carbonyl (C=O) groups excluding carboxylic acids is 1. The van der Waals surface area contributed by atoms with E-state index in [1.807, 2.05) is 25.9 Å². The van der Waals surface area contributed by atoms with Crippen LogP contribution in [0.15, 0.2) is 12.5 Å². The molecule has 8 nitrogen and oxygen atoms in total. The van der Waals surface area contributed by atoms with Gasteiger partial charge in [-0.2, -0.15) is 5.10 Å². The lowest BCUT2D eigenvalue weighted by molar-refractivity contribution is -0.135. The number of fused-ring (bicyclic) bond motifs is 1. The average Bonchev–Trinajstić information content (AvgIpc) is 2.96. The van der Waals surface area contributed by atoms with Crippen LogP contribution in [-0.2, 0) is 11.8 Å². The van der Waals surface area contributed by atoms with Gasteiger partial charge in [-0.05, 0) is 7.05 Å². The maximum atomic E-state index is 12.4. The van der Waals surface area contributed by atoms with Crippen LogP contribution in [0.1, 0.15) is 6.92 Å². The lowest BCUT2D eigenvalue weighted by atomic mass is 10.1. The predicted molar refractivity (Wildman–Crippen MR) is 103 cm³/mol. The summed E-state index contributed by atoms with van der Waals surface area (Å²) in [4.78, 5) is 25.2. The fraction of sp³-hybridized carbons (Fsp3) is 0.600. The second kappa shape index (κ2) is 9.17. The lowest BCUT2D eigenvalue weighted by Gasteiger charge is -2.36. The van der Waals surface area contributed by atoms with Crippen LogP contribution >= 0.6 is 24.8 Å². The Balaban J connectivity index is 0.00000156. The number of nitrogens with one attached hydrogen (secondary N) is 1. The zero-order valence-corrected chi connectivity index (χ0v) is 16.3. The maximum Gasteiger partial charge on any atom is 0.226 e. The molecular weight excluding hydrogens is 365 g/mol. The highest BCUT2D eigenvalue weighted by Gasteiger charge is 2.26. The van der Waals surface area contributed by atoms with Gasteiger partial charge in [0.2, 0.25) is 5.91 Å². The summed E-state index contributed by atoms with van der Waals surface area (Å²) in [6.45, 7) is 5.67. The van der Waals surface area contributed by atoms with Gasteiger partial charge in [-0.3, -0.25) is 9.48 Å². The van der Waals surface area contributed by atoms with Crippen molar-refractivity contribution in [2.45, 2.75) is 6.92 Å². The molecule has 0 aromatic carbocycles. The molecule has 1 atom stereocenters. The Kier molecular flexibility index (Phi) is 7.85. The lowest BCUT2D eigenvalue weighted by Crippen LogP contribution is -2.51. The summed E-state index contributed by atoms with van der Waals surface area (Å²) in [7, 11) is 3.74. The van der Waals surface area contributed by atoms with E-state index in [1.165, 1.54) is 0 Å². The molecule has 1 amide bonds. The number of carbonyl (C=O) groups is 1. The minimum Gasteiger partial charge on any atom is -0.352 e. The summed E-state index contributed by atoms with van der Waals surface area (Å²) in [5.41, 5.74) is 0.830. The van der Waals surface area contributed by atoms with Gasteiger partial charge in [-0.25, -0.2) is 9.97 Å². The molecule has 25 heavy (non-hydrogen) atoms. The molecule has 0 saturated carbocycles. The molecule has 0 spiro atoms. The van der Waals surface area contributed by atoms with Gasteiger partial charge in [0, 0.05) is 45.7 Å². The van der Waals surface area contributed by atoms with E-state index in [1.54, 1.807) is 17.2 Å². The predicted octanol–water partition coefficient (Wildman–Crippen LogP) is 0.711. The number of rotatable bonds is 4. The first-order chi connectivity index (χ1) is 11.1. The zero-order chi connectivity index (χ0) is 16.4. The Morgan fingerprint density at radius 3 is 2.56 bits per heavy atom. The van der Waals surface area contributed by atoms with Crippen molar-refractivity contribution in [3.8, 4) is 0 Å². The standard InChI is InChI=1S/C15H23N7O.2ClH/c1-11(8-16-2)15(23)22-6-4-21(5-7-22)14-12-9-19-20(3)13(12)17-10-18-14;;/h9-11,16H,4-8H2,1-3H3;2*1H. The van der Waals surface area contributed by atoms with Gasteiger partial charge >= 0.3 is 0 Å². The summed E-state index contributed by atoms with van der Waals surface area (Å²) in [5, 5.41) is 8.27. The molecule has 1 N–H and O–H groups in total. The smallest absolute Gasteiger partial charge is 0.226 e. The molecule has 1 unspecified atom stereocenters. The van der Waals surface area contributed by atoms with E-state index in [9.17, 15) is 4.79 Å². The van der Waals surface area contributed by atoms with Gasteiger partial charge in [0.05, 0.1) is 11.6 Å². The van der Waals surface area contributed by atoms with Crippen LogP contribution in [0.4, 0.5) is 5.82 Å². The summed E-state index contributed by atoms with van der Waals surface area (Å²) in [6, 6.07) is 0. The number of hydrogen-bond acceptors (Lipinski definition) is 6. The van der Waals surface area contributed by atoms with E-state index in [4.69, 9.17) is 0 Å². The largest absolute Gasteiger partial charge is 0.352 e. The van der Waals surface area contributed by atoms with Gasteiger partial charge in [-0.15, -0.1) is 24.8 Å². The van der Waals surface area contributed by atoms with Crippen LogP contribution in [0.25, 0.3) is 11.0 Å². The van der Waals surface area contributed by atoms with Crippen LogP contribution < -0.4 is 10.2 Å². The Hall–Kier alpha value is -1.64. The van der Waals surface area contributed by atoms with Gasteiger partial charge in [0.1, 0.15) is 12.1 Å². The van der Waals surface area contributed by atoms with Crippen molar-refractivity contribution >= 4 is 47.6 Å². The molecule has 3 rings (SSSR count). The van der Waals surface area contributed by atoms with E-state index in [2.05, 4.69) is 25.3 Å². The Bertz CT molecular complexity index is 700. The van der Waals surface area contributed by atoms with E-state index in [-0.39, 0.29) is 36.6 Å². The number of halogens is 2. The molecule has 2 aromatic rings. The number of aryl methyl sites for hydroxylation is 1. The van der Waals surface area contributed by atoms with E-state index < -0.39 is 0 Å². The van der Waals surface area contributed by atoms with Crippen molar-refractivity contribution in [2.24, 2.45) is 13.0 Å². The summed E-state index contributed by atoms with van der Waals surface area (Å²) < 4.78 is 1.75. The normalized spacial score (nSPS) is 15.5. The molecule has 0 radical (unpaired) electrons. The molecule has 0 bridgehead atoms. The number of piperazine rings is 1. The fourth-order valence-electron chi connectivity index (χ4n) is 3.05.